The van der Waals surface area contributed by atoms with Gasteiger partial charge in [-0.25, -0.2) is 5.01 Å². The van der Waals surface area contributed by atoms with E-state index in [1.54, 1.807) is 30.3 Å². The Morgan fingerprint density at radius 2 is 1.81 bits per heavy atom. The number of carbonyl (C=O) groups excluding carboxylic acids is 2. The molecule has 1 N–H and O–H groups in total. The SMILES string of the molecule is O=C1NN(c2ccccc2)C(=O)/C1=C\c1cc2c(cc1[N+](=O)[O-])OCO2. The second kappa shape index (κ2) is 5.88. The molecule has 0 aromatic heterocycles. The molecule has 2 aromatic carbocycles. The standard InChI is InChI=1S/C17H11N3O6/c21-16-12(17(22)19(18-16)11-4-2-1-3-5-11)6-10-7-14-15(26-9-25-14)8-13(10)20(23)24/h1-8H,9H2,(H,18,21)/b12-6-. The van der Waals surface area contributed by atoms with Crippen molar-refractivity contribution in [1.82, 2.24) is 5.43 Å². The van der Waals surface area contributed by atoms with Crippen LogP contribution in [0.1, 0.15) is 5.56 Å². The summed E-state index contributed by atoms with van der Waals surface area (Å²) in [5.41, 5.74) is 2.50. The first kappa shape index (κ1) is 15.6. The summed E-state index contributed by atoms with van der Waals surface area (Å²) in [6, 6.07) is 11.1. The number of fused-ring (bicyclic) bond motifs is 1. The van der Waals surface area contributed by atoms with Gasteiger partial charge < -0.3 is 9.47 Å². The van der Waals surface area contributed by atoms with Gasteiger partial charge in [0.1, 0.15) is 5.57 Å². The van der Waals surface area contributed by atoms with Crippen LogP contribution in [0.5, 0.6) is 11.5 Å². The number of para-hydroxylation sites is 1. The van der Waals surface area contributed by atoms with E-state index in [-0.39, 0.29) is 29.4 Å². The molecule has 0 aliphatic carbocycles. The number of nitro groups is 1. The Kier molecular flexibility index (Phi) is 3.54. The molecule has 130 valence electrons. The Morgan fingerprint density at radius 1 is 1.12 bits per heavy atom. The van der Waals surface area contributed by atoms with Gasteiger partial charge in [-0.15, -0.1) is 0 Å². The molecule has 0 bridgehead atoms. The van der Waals surface area contributed by atoms with E-state index in [1.807, 2.05) is 0 Å². The third kappa shape index (κ3) is 2.51. The van der Waals surface area contributed by atoms with Crippen LogP contribution in [0.25, 0.3) is 6.08 Å². The molecule has 26 heavy (non-hydrogen) atoms. The summed E-state index contributed by atoms with van der Waals surface area (Å²) in [5, 5.41) is 12.4. The van der Waals surface area contributed by atoms with Crippen molar-refractivity contribution < 1.29 is 24.0 Å². The summed E-state index contributed by atoms with van der Waals surface area (Å²) in [7, 11) is 0. The van der Waals surface area contributed by atoms with E-state index in [0.717, 1.165) is 5.01 Å². The van der Waals surface area contributed by atoms with Crippen LogP contribution in [0, 0.1) is 10.1 Å². The zero-order chi connectivity index (χ0) is 18.3. The molecule has 9 heteroatoms. The molecule has 9 nitrogen and oxygen atoms in total. The molecule has 1 fully saturated rings. The van der Waals surface area contributed by atoms with Crippen molar-refractivity contribution in [2.45, 2.75) is 0 Å². The van der Waals surface area contributed by atoms with Crippen molar-refractivity contribution in [3.05, 3.63) is 63.7 Å². The fraction of sp³-hybridized carbons (Fsp3) is 0.0588. The number of hydrogen-bond donors (Lipinski definition) is 1. The van der Waals surface area contributed by atoms with Crippen LogP contribution in [0.15, 0.2) is 48.0 Å². The summed E-state index contributed by atoms with van der Waals surface area (Å²) >= 11 is 0. The molecule has 2 heterocycles. The lowest BCUT2D eigenvalue weighted by molar-refractivity contribution is -0.385. The minimum Gasteiger partial charge on any atom is -0.454 e. The highest BCUT2D eigenvalue weighted by molar-refractivity contribution is 6.31. The first-order chi connectivity index (χ1) is 12.5. The normalized spacial score (nSPS) is 16.9. The first-order valence-electron chi connectivity index (χ1n) is 7.55. The Balaban J connectivity index is 1.76. The number of anilines is 1. The molecular weight excluding hydrogens is 342 g/mol. The number of nitro benzene ring substituents is 1. The maximum atomic E-state index is 12.6. The zero-order valence-electron chi connectivity index (χ0n) is 13.2. The minimum absolute atomic E-state index is 0.0479. The van der Waals surface area contributed by atoms with E-state index >= 15 is 0 Å². The summed E-state index contributed by atoms with van der Waals surface area (Å²) in [5.74, 6) is -0.695. The van der Waals surface area contributed by atoms with E-state index in [2.05, 4.69) is 5.43 Å². The number of hydrazine groups is 1. The van der Waals surface area contributed by atoms with Gasteiger partial charge in [-0.05, 0) is 24.3 Å². The van der Waals surface area contributed by atoms with Gasteiger partial charge in [-0.1, -0.05) is 18.2 Å². The number of carbonyl (C=O) groups is 2. The monoisotopic (exact) mass is 353 g/mol. The van der Waals surface area contributed by atoms with Gasteiger partial charge in [0.2, 0.25) is 6.79 Å². The van der Waals surface area contributed by atoms with Crippen LogP contribution in [0.2, 0.25) is 0 Å². The summed E-state index contributed by atoms with van der Waals surface area (Å²) in [4.78, 5) is 35.5. The van der Waals surface area contributed by atoms with Gasteiger partial charge in [-0.2, -0.15) is 0 Å². The number of amides is 2. The number of nitrogens with zero attached hydrogens (tertiary/aromatic N) is 2. The highest BCUT2D eigenvalue weighted by atomic mass is 16.7. The summed E-state index contributed by atoms with van der Waals surface area (Å²) in [6.07, 6.45) is 1.18. The van der Waals surface area contributed by atoms with Crippen molar-refractivity contribution in [1.29, 1.82) is 0 Å². The highest BCUT2D eigenvalue weighted by Gasteiger charge is 2.35. The van der Waals surface area contributed by atoms with Crippen molar-refractivity contribution in [2.75, 3.05) is 11.8 Å². The van der Waals surface area contributed by atoms with Crippen LogP contribution in [0.3, 0.4) is 0 Å². The molecule has 4 rings (SSSR count). The van der Waals surface area contributed by atoms with Crippen LogP contribution < -0.4 is 19.9 Å². The van der Waals surface area contributed by atoms with Crippen molar-refractivity contribution in [2.24, 2.45) is 0 Å². The van der Waals surface area contributed by atoms with Crippen LogP contribution in [0.4, 0.5) is 11.4 Å². The van der Waals surface area contributed by atoms with E-state index < -0.39 is 16.7 Å². The molecule has 0 unspecified atom stereocenters. The molecule has 2 aliphatic heterocycles. The number of ether oxygens (including phenoxy) is 2. The quantitative estimate of drug-likeness (QED) is 0.390. The number of hydrogen-bond acceptors (Lipinski definition) is 6. The molecule has 2 aromatic rings. The summed E-state index contributed by atoms with van der Waals surface area (Å²) in [6.45, 7) is -0.0479. The molecule has 2 aliphatic rings. The largest absolute Gasteiger partial charge is 0.454 e. The van der Waals surface area contributed by atoms with E-state index in [0.29, 0.717) is 11.4 Å². The smallest absolute Gasteiger partial charge is 0.282 e. The van der Waals surface area contributed by atoms with Gasteiger partial charge in [0, 0.05) is 0 Å². The number of benzene rings is 2. The van der Waals surface area contributed by atoms with Crippen molar-refractivity contribution >= 4 is 29.3 Å². The minimum atomic E-state index is -0.647. The zero-order valence-corrected chi connectivity index (χ0v) is 13.2. The molecule has 1 saturated heterocycles. The van der Waals surface area contributed by atoms with Gasteiger partial charge in [-0.3, -0.25) is 25.1 Å². The first-order valence-corrected chi connectivity index (χ1v) is 7.55. The Morgan fingerprint density at radius 3 is 2.50 bits per heavy atom. The topological polar surface area (TPSA) is 111 Å². The molecule has 0 saturated carbocycles. The molecular formula is C17H11N3O6. The highest BCUT2D eigenvalue weighted by Crippen LogP contribution is 2.39. The Labute approximate surface area is 146 Å². The van der Waals surface area contributed by atoms with Gasteiger partial charge in [0.15, 0.2) is 11.5 Å². The maximum Gasteiger partial charge on any atom is 0.282 e. The third-order valence-electron chi connectivity index (χ3n) is 3.92. The fourth-order valence-corrected chi connectivity index (χ4v) is 2.69. The van der Waals surface area contributed by atoms with Gasteiger partial charge in [0.25, 0.3) is 17.5 Å². The molecule has 2 amide bonds. The van der Waals surface area contributed by atoms with Crippen LogP contribution in [-0.4, -0.2) is 23.5 Å². The third-order valence-corrected chi connectivity index (χ3v) is 3.92. The van der Waals surface area contributed by atoms with Gasteiger partial charge >= 0.3 is 0 Å². The average Bonchev–Trinajstić information content (AvgIpc) is 3.20. The lowest BCUT2D eigenvalue weighted by Gasteiger charge is -2.13. The fourth-order valence-electron chi connectivity index (χ4n) is 2.69. The second-order valence-corrected chi connectivity index (χ2v) is 5.50. The van der Waals surface area contributed by atoms with E-state index in [4.69, 9.17) is 9.47 Å². The molecule has 0 atom stereocenters. The lowest BCUT2D eigenvalue weighted by atomic mass is 10.1. The molecule has 0 spiro atoms. The predicted octanol–water partition coefficient (Wildman–Crippen LogP) is 1.78. The van der Waals surface area contributed by atoms with E-state index in [1.165, 1.54) is 18.2 Å². The summed E-state index contributed by atoms with van der Waals surface area (Å²) < 4.78 is 10.3. The van der Waals surface area contributed by atoms with Crippen LogP contribution in [-0.2, 0) is 9.59 Å². The average molecular weight is 353 g/mol. The number of nitrogens with one attached hydrogen (secondary N) is 1. The second-order valence-electron chi connectivity index (χ2n) is 5.50. The maximum absolute atomic E-state index is 12.6. The van der Waals surface area contributed by atoms with E-state index in [9.17, 15) is 19.7 Å². The Bertz CT molecular complexity index is 970. The lowest BCUT2D eigenvalue weighted by Crippen LogP contribution is -2.35. The van der Waals surface area contributed by atoms with Crippen molar-refractivity contribution in [3.8, 4) is 11.5 Å². The Hall–Kier alpha value is -3.88. The van der Waals surface area contributed by atoms with Gasteiger partial charge in [0.05, 0.1) is 22.2 Å². The van der Waals surface area contributed by atoms with Crippen LogP contribution >= 0.6 is 0 Å². The van der Waals surface area contributed by atoms with Crippen molar-refractivity contribution in [3.63, 3.8) is 0 Å². The number of rotatable bonds is 3. The molecule has 0 radical (unpaired) electrons. The predicted molar refractivity (Wildman–Crippen MR) is 89.3 cm³/mol.